The van der Waals surface area contributed by atoms with Crippen LogP contribution in [0.3, 0.4) is 0 Å². The van der Waals surface area contributed by atoms with E-state index in [4.69, 9.17) is 0 Å². The minimum absolute atomic E-state index is 0.0241. The van der Waals surface area contributed by atoms with Gasteiger partial charge in [0, 0.05) is 12.6 Å². The second-order valence-corrected chi connectivity index (χ2v) is 9.80. The van der Waals surface area contributed by atoms with Crippen LogP contribution in [-0.4, -0.2) is 14.1 Å². The molecule has 0 aliphatic heterocycles. The van der Waals surface area contributed by atoms with E-state index in [2.05, 4.69) is 44.1 Å². The number of hydrazine groups is 1. The molecule has 1 amide bonds. The topological polar surface area (TPSA) is 32.3 Å². The van der Waals surface area contributed by atoms with Crippen molar-refractivity contribution in [2.24, 2.45) is 0 Å². The first kappa shape index (κ1) is 12.8. The number of hydrogen-bond donors (Lipinski definition) is 1. The molecule has 1 aromatic carbocycles. The van der Waals surface area contributed by atoms with Crippen molar-refractivity contribution in [1.82, 2.24) is 5.43 Å². The van der Waals surface area contributed by atoms with Crippen molar-refractivity contribution in [2.75, 3.05) is 4.67 Å². The van der Waals surface area contributed by atoms with Crippen LogP contribution in [0.4, 0.5) is 5.69 Å². The van der Waals surface area contributed by atoms with Crippen molar-refractivity contribution in [3.63, 3.8) is 0 Å². The Kier molecular flexibility index (Phi) is 3.75. The van der Waals surface area contributed by atoms with Gasteiger partial charge in [0.25, 0.3) is 0 Å². The van der Waals surface area contributed by atoms with Gasteiger partial charge in [0.05, 0.1) is 0 Å². The molecule has 0 saturated carbocycles. The van der Waals surface area contributed by atoms with Gasteiger partial charge < -0.3 is 4.67 Å². The van der Waals surface area contributed by atoms with Crippen LogP contribution in [0, 0.1) is 6.92 Å². The van der Waals surface area contributed by atoms with Crippen LogP contribution in [0.25, 0.3) is 0 Å². The summed E-state index contributed by atoms with van der Waals surface area (Å²) in [4.78, 5) is 11.2. The maximum atomic E-state index is 11.2. The lowest BCUT2D eigenvalue weighted by molar-refractivity contribution is -0.118. The van der Waals surface area contributed by atoms with Crippen molar-refractivity contribution in [1.29, 1.82) is 0 Å². The number of amides is 1. The maximum absolute atomic E-state index is 11.2. The van der Waals surface area contributed by atoms with E-state index in [0.29, 0.717) is 0 Å². The van der Waals surface area contributed by atoms with Crippen molar-refractivity contribution in [2.45, 2.75) is 33.5 Å². The quantitative estimate of drug-likeness (QED) is 0.646. The van der Waals surface area contributed by atoms with Crippen LogP contribution in [0.15, 0.2) is 24.3 Å². The Morgan fingerprint density at radius 2 is 1.94 bits per heavy atom. The summed E-state index contributed by atoms with van der Waals surface area (Å²) in [6.07, 6.45) is 0. The van der Waals surface area contributed by atoms with E-state index in [1.807, 2.05) is 16.8 Å². The van der Waals surface area contributed by atoms with Gasteiger partial charge in [-0.05, 0) is 44.3 Å². The lowest BCUT2D eigenvalue weighted by atomic mass is 10.2. The van der Waals surface area contributed by atoms with Gasteiger partial charge in [0.1, 0.15) is 0 Å². The van der Waals surface area contributed by atoms with Crippen LogP contribution in [0.5, 0.6) is 0 Å². The molecule has 0 saturated heterocycles. The van der Waals surface area contributed by atoms with E-state index < -0.39 is 8.24 Å². The van der Waals surface area contributed by atoms with Gasteiger partial charge >= 0.3 is 0 Å². The monoisotopic (exact) mass is 236 g/mol. The second-order valence-electron chi connectivity index (χ2n) is 5.01. The smallest absolute Gasteiger partial charge is 0.234 e. The predicted octanol–water partition coefficient (Wildman–Crippen LogP) is 2.69. The fourth-order valence-corrected chi connectivity index (χ4v) is 2.95. The van der Waals surface area contributed by atoms with Crippen LogP contribution in [0.2, 0.25) is 19.6 Å². The van der Waals surface area contributed by atoms with E-state index in [-0.39, 0.29) is 5.91 Å². The van der Waals surface area contributed by atoms with Gasteiger partial charge in [-0.3, -0.25) is 10.2 Å². The number of carbonyl (C=O) groups is 1. The van der Waals surface area contributed by atoms with Crippen LogP contribution in [0.1, 0.15) is 12.5 Å². The van der Waals surface area contributed by atoms with Crippen LogP contribution >= 0.6 is 0 Å². The van der Waals surface area contributed by atoms with Crippen molar-refractivity contribution < 1.29 is 4.79 Å². The molecular formula is C12H20N2OSi. The molecule has 88 valence electrons. The highest BCUT2D eigenvalue weighted by molar-refractivity contribution is 6.79. The third kappa shape index (κ3) is 3.38. The molecule has 1 N–H and O–H groups in total. The molecule has 1 rings (SSSR count). The highest BCUT2D eigenvalue weighted by Gasteiger charge is 2.25. The number of nitrogens with one attached hydrogen (secondary N) is 1. The molecule has 0 radical (unpaired) electrons. The van der Waals surface area contributed by atoms with E-state index in [1.165, 1.54) is 5.56 Å². The number of hydrogen-bond acceptors (Lipinski definition) is 2. The summed E-state index contributed by atoms with van der Waals surface area (Å²) < 4.78 is 2.03. The zero-order chi connectivity index (χ0) is 12.3. The molecule has 0 bridgehead atoms. The number of anilines is 1. The lowest BCUT2D eigenvalue weighted by Crippen LogP contribution is -2.56. The molecular weight excluding hydrogens is 216 g/mol. The summed E-state index contributed by atoms with van der Waals surface area (Å²) >= 11 is 0. The Morgan fingerprint density at radius 1 is 1.31 bits per heavy atom. The first-order chi connectivity index (χ1) is 7.30. The molecule has 16 heavy (non-hydrogen) atoms. The molecule has 0 atom stereocenters. The summed E-state index contributed by atoms with van der Waals surface area (Å²) in [7, 11) is -1.61. The molecule has 3 nitrogen and oxygen atoms in total. The average molecular weight is 236 g/mol. The molecule has 0 spiro atoms. The Hall–Kier alpha value is -1.29. The summed E-state index contributed by atoms with van der Waals surface area (Å²) in [5.74, 6) is -0.0241. The fraction of sp³-hybridized carbons (Fsp3) is 0.417. The zero-order valence-electron chi connectivity index (χ0n) is 10.7. The highest BCUT2D eigenvalue weighted by atomic mass is 28.3. The van der Waals surface area contributed by atoms with E-state index in [0.717, 1.165) is 5.69 Å². The molecule has 0 heterocycles. The number of aryl methyl sites for hydroxylation is 1. The van der Waals surface area contributed by atoms with Crippen molar-refractivity contribution in [3.05, 3.63) is 29.8 Å². The summed E-state index contributed by atoms with van der Waals surface area (Å²) in [6, 6.07) is 8.19. The Bertz CT molecular complexity index is 385. The molecule has 0 aromatic heterocycles. The number of nitrogens with zero attached hydrogens (tertiary/aromatic N) is 1. The normalized spacial score (nSPS) is 11.1. The highest BCUT2D eigenvalue weighted by Crippen LogP contribution is 2.20. The lowest BCUT2D eigenvalue weighted by Gasteiger charge is -2.36. The van der Waals surface area contributed by atoms with Gasteiger partial charge in [-0.25, -0.2) is 0 Å². The summed E-state index contributed by atoms with van der Waals surface area (Å²) in [6.45, 7) is 10.2. The fourth-order valence-electron chi connectivity index (χ4n) is 1.54. The summed E-state index contributed by atoms with van der Waals surface area (Å²) in [5, 5.41) is 0. The third-order valence-electron chi connectivity index (χ3n) is 2.20. The molecule has 1 aromatic rings. The number of carbonyl (C=O) groups excluding carboxylic acids is 1. The van der Waals surface area contributed by atoms with Gasteiger partial charge in [-0.15, -0.1) is 0 Å². The summed E-state index contributed by atoms with van der Waals surface area (Å²) in [5.41, 5.74) is 5.18. The van der Waals surface area contributed by atoms with Crippen molar-refractivity contribution in [3.8, 4) is 0 Å². The molecule has 0 aliphatic rings. The zero-order valence-corrected chi connectivity index (χ0v) is 11.7. The Morgan fingerprint density at radius 3 is 2.38 bits per heavy atom. The van der Waals surface area contributed by atoms with Crippen molar-refractivity contribution >= 4 is 19.8 Å². The van der Waals surface area contributed by atoms with Gasteiger partial charge in [-0.1, -0.05) is 12.1 Å². The second kappa shape index (κ2) is 4.70. The standard InChI is InChI=1S/C12H20N2OSi/c1-10-7-6-8-12(9-10)14(13-11(2)15)16(3,4)5/h6-9H,1-5H3,(H,13,15). The molecule has 0 fully saturated rings. The maximum Gasteiger partial charge on any atom is 0.234 e. The molecule has 4 heteroatoms. The van der Waals surface area contributed by atoms with E-state index >= 15 is 0 Å². The largest absolute Gasteiger partial charge is 0.315 e. The van der Waals surface area contributed by atoms with Gasteiger partial charge in [0.2, 0.25) is 5.91 Å². The van der Waals surface area contributed by atoms with E-state index in [9.17, 15) is 4.79 Å². The van der Waals surface area contributed by atoms with Gasteiger partial charge in [0.15, 0.2) is 8.24 Å². The minimum Gasteiger partial charge on any atom is -0.315 e. The van der Waals surface area contributed by atoms with E-state index in [1.54, 1.807) is 6.92 Å². The van der Waals surface area contributed by atoms with Crippen LogP contribution in [-0.2, 0) is 4.79 Å². The minimum atomic E-state index is -1.61. The molecule has 0 aliphatic carbocycles. The SMILES string of the molecule is CC(=O)NN(c1cccc(C)c1)[Si](C)(C)C. The first-order valence-corrected chi connectivity index (χ1v) is 8.89. The average Bonchev–Trinajstić information content (AvgIpc) is 2.12. The first-order valence-electron chi connectivity index (χ1n) is 5.45. The predicted molar refractivity (Wildman–Crippen MR) is 70.8 cm³/mol. The Balaban J connectivity index is 3.06. The molecule has 0 unspecified atom stereocenters. The van der Waals surface area contributed by atoms with Gasteiger partial charge in [-0.2, -0.15) is 0 Å². The number of rotatable bonds is 3. The van der Waals surface area contributed by atoms with Crippen LogP contribution < -0.4 is 10.1 Å². The Labute approximate surface area is 98.5 Å². The third-order valence-corrected chi connectivity index (χ3v) is 3.91. The number of benzene rings is 1.